The van der Waals surface area contributed by atoms with Gasteiger partial charge in [-0.15, -0.1) is 0 Å². The summed E-state index contributed by atoms with van der Waals surface area (Å²) in [5.74, 6) is 0. The smallest absolute Gasteiger partial charge is 0.269 e. The van der Waals surface area contributed by atoms with Crippen molar-refractivity contribution in [3.8, 4) is 16.9 Å². The third kappa shape index (κ3) is 2.43. The molecule has 0 aliphatic rings. The Hall–Kier alpha value is -2.88. The van der Waals surface area contributed by atoms with Gasteiger partial charge in [0.25, 0.3) is 5.69 Å². The van der Waals surface area contributed by atoms with E-state index in [-0.39, 0.29) is 10.6 Å². The molecule has 1 heterocycles. The fourth-order valence-electron chi connectivity index (χ4n) is 2.44. The van der Waals surface area contributed by atoms with E-state index in [1.807, 2.05) is 31.2 Å². The summed E-state index contributed by atoms with van der Waals surface area (Å²) in [6, 6.07) is 20.8. The van der Waals surface area contributed by atoms with E-state index in [0.29, 0.717) is 0 Å². The minimum Gasteiger partial charge on any atom is -0.314 e. The van der Waals surface area contributed by atoms with Crippen molar-refractivity contribution in [1.82, 2.24) is 4.57 Å². The number of non-ortho nitro benzene ring substituents is 1. The maximum absolute atomic E-state index is 10.8. The predicted octanol–water partition coefficient (Wildman–Crippen LogP) is 4.36. The van der Waals surface area contributed by atoms with Crippen molar-refractivity contribution < 1.29 is 4.92 Å². The van der Waals surface area contributed by atoms with Crippen molar-refractivity contribution in [2.75, 3.05) is 0 Å². The van der Waals surface area contributed by atoms with Gasteiger partial charge < -0.3 is 4.57 Å². The normalized spacial score (nSPS) is 10.5. The molecule has 21 heavy (non-hydrogen) atoms. The van der Waals surface area contributed by atoms with Crippen LogP contribution >= 0.6 is 0 Å². The number of hydrogen-bond acceptors (Lipinski definition) is 2. The van der Waals surface area contributed by atoms with Crippen molar-refractivity contribution in [2.24, 2.45) is 0 Å². The SMILES string of the molecule is Cc1ccc(-c2ccccc2)n1-c1ccc([N+](=O)[O-])cc1. The Morgan fingerprint density at radius 1 is 0.905 bits per heavy atom. The molecule has 0 aliphatic heterocycles. The molecule has 0 bridgehead atoms. The molecule has 104 valence electrons. The Kier molecular flexibility index (Phi) is 3.28. The number of nitrogens with zero attached hydrogens (tertiary/aromatic N) is 2. The van der Waals surface area contributed by atoms with Gasteiger partial charge in [0.1, 0.15) is 0 Å². The molecule has 0 radical (unpaired) electrons. The molecule has 0 amide bonds. The van der Waals surface area contributed by atoms with E-state index in [9.17, 15) is 10.1 Å². The summed E-state index contributed by atoms with van der Waals surface area (Å²) in [7, 11) is 0. The zero-order chi connectivity index (χ0) is 14.8. The Morgan fingerprint density at radius 2 is 1.57 bits per heavy atom. The Morgan fingerprint density at radius 3 is 2.19 bits per heavy atom. The van der Waals surface area contributed by atoms with Crippen molar-refractivity contribution in [3.05, 3.63) is 82.5 Å². The topological polar surface area (TPSA) is 48.1 Å². The zero-order valence-electron chi connectivity index (χ0n) is 11.6. The molecule has 1 aromatic heterocycles. The van der Waals surface area contributed by atoms with E-state index in [1.165, 1.54) is 12.1 Å². The lowest BCUT2D eigenvalue weighted by Gasteiger charge is -2.12. The van der Waals surface area contributed by atoms with E-state index in [4.69, 9.17) is 0 Å². The van der Waals surface area contributed by atoms with Crippen LogP contribution in [0.15, 0.2) is 66.7 Å². The van der Waals surface area contributed by atoms with Crippen LogP contribution in [-0.2, 0) is 0 Å². The molecular weight excluding hydrogens is 264 g/mol. The molecule has 0 aliphatic carbocycles. The molecule has 2 aromatic carbocycles. The van der Waals surface area contributed by atoms with Crippen LogP contribution in [0, 0.1) is 17.0 Å². The number of hydrogen-bond donors (Lipinski definition) is 0. The summed E-state index contributed by atoms with van der Waals surface area (Å²) in [5.41, 5.74) is 4.29. The zero-order valence-corrected chi connectivity index (χ0v) is 11.6. The number of nitro benzene ring substituents is 1. The minimum atomic E-state index is -0.385. The van der Waals surface area contributed by atoms with E-state index >= 15 is 0 Å². The summed E-state index contributed by atoms with van der Waals surface area (Å²) < 4.78 is 2.10. The quantitative estimate of drug-likeness (QED) is 0.528. The van der Waals surface area contributed by atoms with Crippen LogP contribution in [0.1, 0.15) is 5.69 Å². The third-order valence-electron chi connectivity index (χ3n) is 3.46. The summed E-state index contributed by atoms with van der Waals surface area (Å²) in [6.45, 7) is 2.02. The van der Waals surface area contributed by atoms with E-state index < -0.39 is 0 Å². The lowest BCUT2D eigenvalue weighted by molar-refractivity contribution is -0.384. The molecular formula is C17H14N2O2. The lowest BCUT2D eigenvalue weighted by Crippen LogP contribution is -1.99. The molecule has 0 saturated carbocycles. The van der Waals surface area contributed by atoms with Gasteiger partial charge in [-0.25, -0.2) is 0 Å². The van der Waals surface area contributed by atoms with Crippen molar-refractivity contribution in [3.63, 3.8) is 0 Å². The predicted molar refractivity (Wildman–Crippen MR) is 82.6 cm³/mol. The van der Waals surface area contributed by atoms with Crippen molar-refractivity contribution in [2.45, 2.75) is 6.92 Å². The summed E-state index contributed by atoms with van der Waals surface area (Å²) >= 11 is 0. The van der Waals surface area contributed by atoms with Crippen LogP contribution in [0.4, 0.5) is 5.69 Å². The summed E-state index contributed by atoms with van der Waals surface area (Å²) in [6.07, 6.45) is 0. The molecule has 0 atom stereocenters. The third-order valence-corrected chi connectivity index (χ3v) is 3.46. The van der Waals surface area contributed by atoms with Gasteiger partial charge in [-0.2, -0.15) is 0 Å². The van der Waals surface area contributed by atoms with Crippen LogP contribution in [0.2, 0.25) is 0 Å². The fraction of sp³-hybridized carbons (Fsp3) is 0.0588. The minimum absolute atomic E-state index is 0.102. The maximum atomic E-state index is 10.8. The molecule has 3 rings (SSSR count). The van der Waals surface area contributed by atoms with Gasteiger partial charge in [0.15, 0.2) is 0 Å². The van der Waals surface area contributed by atoms with Gasteiger partial charge in [-0.3, -0.25) is 10.1 Å². The first kappa shape index (κ1) is 13.1. The summed E-state index contributed by atoms with van der Waals surface area (Å²) in [4.78, 5) is 10.4. The number of aryl methyl sites for hydroxylation is 1. The van der Waals surface area contributed by atoms with Crippen molar-refractivity contribution in [1.29, 1.82) is 0 Å². The van der Waals surface area contributed by atoms with Gasteiger partial charge in [-0.05, 0) is 36.8 Å². The standard InChI is InChI=1S/C17H14N2O2/c1-13-7-12-17(14-5-3-2-4-6-14)18(13)15-8-10-16(11-9-15)19(20)21/h2-12H,1H3. The molecule has 4 heteroatoms. The van der Waals surface area contributed by atoms with Gasteiger partial charge in [0.05, 0.1) is 10.6 Å². The molecule has 0 unspecified atom stereocenters. The Labute approximate surface area is 122 Å². The summed E-state index contributed by atoms with van der Waals surface area (Å²) in [5, 5.41) is 10.8. The van der Waals surface area contributed by atoms with Gasteiger partial charge in [-0.1, -0.05) is 30.3 Å². The number of aromatic nitrogens is 1. The molecule has 4 nitrogen and oxygen atoms in total. The second-order valence-electron chi connectivity index (χ2n) is 4.83. The van der Waals surface area contributed by atoms with E-state index in [1.54, 1.807) is 12.1 Å². The van der Waals surface area contributed by atoms with E-state index in [2.05, 4.69) is 22.8 Å². The molecule has 0 spiro atoms. The van der Waals surface area contributed by atoms with E-state index in [0.717, 1.165) is 22.6 Å². The van der Waals surface area contributed by atoms with Crippen molar-refractivity contribution >= 4 is 5.69 Å². The molecule has 0 saturated heterocycles. The second-order valence-corrected chi connectivity index (χ2v) is 4.83. The number of nitro groups is 1. The largest absolute Gasteiger partial charge is 0.314 e. The monoisotopic (exact) mass is 278 g/mol. The first-order valence-corrected chi connectivity index (χ1v) is 6.65. The van der Waals surface area contributed by atoms with Crippen LogP contribution in [0.5, 0.6) is 0 Å². The number of rotatable bonds is 3. The lowest BCUT2D eigenvalue weighted by atomic mass is 10.1. The Bertz CT molecular complexity index is 774. The van der Waals surface area contributed by atoms with Gasteiger partial charge in [0, 0.05) is 23.5 Å². The average Bonchev–Trinajstić information content (AvgIpc) is 2.90. The highest BCUT2D eigenvalue weighted by molar-refractivity contribution is 5.64. The highest BCUT2D eigenvalue weighted by Crippen LogP contribution is 2.27. The highest BCUT2D eigenvalue weighted by atomic mass is 16.6. The fourth-order valence-corrected chi connectivity index (χ4v) is 2.44. The molecule has 0 fully saturated rings. The van der Waals surface area contributed by atoms with Crippen LogP contribution in [0.25, 0.3) is 16.9 Å². The number of benzene rings is 2. The molecule has 0 N–H and O–H groups in total. The first-order chi connectivity index (χ1) is 10.2. The van der Waals surface area contributed by atoms with Crippen LogP contribution in [0.3, 0.4) is 0 Å². The highest BCUT2D eigenvalue weighted by Gasteiger charge is 2.11. The maximum Gasteiger partial charge on any atom is 0.269 e. The average molecular weight is 278 g/mol. The van der Waals surface area contributed by atoms with Crippen LogP contribution in [-0.4, -0.2) is 9.49 Å². The van der Waals surface area contributed by atoms with Gasteiger partial charge >= 0.3 is 0 Å². The van der Waals surface area contributed by atoms with Crippen LogP contribution < -0.4 is 0 Å². The second kappa shape index (κ2) is 5.25. The van der Waals surface area contributed by atoms with Gasteiger partial charge in [0.2, 0.25) is 0 Å². The molecule has 3 aromatic rings. The Balaban J connectivity index is 2.10. The first-order valence-electron chi connectivity index (χ1n) is 6.65.